The number of nitrogens with zero attached hydrogens (tertiary/aromatic N) is 3. The number of urea groups is 1. The van der Waals surface area contributed by atoms with Crippen LogP contribution in [0.25, 0.3) is 11.1 Å². The van der Waals surface area contributed by atoms with Crippen LogP contribution in [0.2, 0.25) is 0 Å². The average Bonchev–Trinajstić information content (AvgIpc) is 3.63. The zero-order valence-corrected chi connectivity index (χ0v) is 27.6. The summed E-state index contributed by atoms with van der Waals surface area (Å²) in [5.41, 5.74) is 13.8. The minimum atomic E-state index is -0.482. The van der Waals surface area contributed by atoms with Crippen LogP contribution in [-0.2, 0) is 25.9 Å². The predicted molar refractivity (Wildman–Crippen MR) is 178 cm³/mol. The summed E-state index contributed by atoms with van der Waals surface area (Å²) >= 11 is 6.10. The molecule has 0 aliphatic carbocycles. The van der Waals surface area contributed by atoms with Gasteiger partial charge in [0.15, 0.2) is 11.6 Å². The van der Waals surface area contributed by atoms with Crippen LogP contribution in [-0.4, -0.2) is 44.4 Å². The van der Waals surface area contributed by atoms with Gasteiger partial charge in [-0.25, -0.2) is 13.6 Å². The second kappa shape index (κ2) is 14.8. The second-order valence-corrected chi connectivity index (χ2v) is 12.1. The number of aromatic amines is 2. The molecule has 0 radical (unpaired) electrons. The normalized spacial score (nSPS) is 13.4. The van der Waals surface area contributed by atoms with Crippen LogP contribution in [0, 0.1) is 11.6 Å². The van der Waals surface area contributed by atoms with Crippen molar-refractivity contribution >= 4 is 60.4 Å². The fourth-order valence-electron chi connectivity index (χ4n) is 4.71. The Hall–Kier alpha value is -3.81. The van der Waals surface area contributed by atoms with Gasteiger partial charge >= 0.3 is 6.03 Å². The molecule has 44 heavy (non-hydrogen) atoms. The molecular weight excluding hydrogens is 698 g/mol. The molecule has 0 unspecified atom stereocenters. The first-order valence-corrected chi connectivity index (χ1v) is 15.4. The highest BCUT2D eigenvalue weighted by Gasteiger charge is 2.26. The van der Waals surface area contributed by atoms with Gasteiger partial charge in [-0.2, -0.15) is 10.2 Å². The molecular formula is C31H34Br2F2N8O. The standard InChI is InChI=1S/C16H16BrFN4O.C9H13N3.C6H5BrFN/c1-9(2)15-10-8-22(7-6-12(10)20-21-15)16(23)19-13-5-3-4-11(17)14(13)18;1-6(2)9-7-5-10-4-3-8(7)11-12-9;7-4-2-1-3-5(9)6(4)8/h3-5H,1,6-8H2,2H3,(H,19,23)(H,20,21);10H,1,3-5H2,2H3,(H,11,12);1-3H,9H2. The number of halogens is 4. The number of nitrogen functional groups attached to an aromatic ring is 1. The number of rotatable bonds is 3. The third kappa shape index (κ3) is 7.82. The Bertz CT molecular complexity index is 1660. The van der Waals surface area contributed by atoms with E-state index in [0.29, 0.717) is 28.5 Å². The van der Waals surface area contributed by atoms with Gasteiger partial charge < -0.3 is 21.3 Å². The maximum absolute atomic E-state index is 14.0. The van der Waals surface area contributed by atoms with Gasteiger partial charge in [0.05, 0.1) is 38.3 Å². The topological polar surface area (TPSA) is 128 Å². The summed E-state index contributed by atoms with van der Waals surface area (Å²) in [7, 11) is 0. The number of amides is 2. The molecule has 2 aliphatic rings. The monoisotopic (exact) mass is 730 g/mol. The molecule has 0 saturated carbocycles. The molecule has 6 N–H and O–H groups in total. The Labute approximate surface area is 271 Å². The van der Waals surface area contributed by atoms with Crippen molar-refractivity contribution in [2.75, 3.05) is 24.1 Å². The maximum Gasteiger partial charge on any atom is 0.322 e. The Morgan fingerprint density at radius 2 is 1.52 bits per heavy atom. The van der Waals surface area contributed by atoms with Crippen molar-refractivity contribution in [2.45, 2.75) is 39.8 Å². The number of allylic oxidation sites excluding steroid dienone is 2. The van der Waals surface area contributed by atoms with Gasteiger partial charge in [-0.15, -0.1) is 0 Å². The highest BCUT2D eigenvalue weighted by molar-refractivity contribution is 9.10. The van der Waals surface area contributed by atoms with Crippen molar-refractivity contribution in [2.24, 2.45) is 0 Å². The third-order valence-corrected chi connectivity index (χ3v) is 8.24. The molecule has 0 spiro atoms. The van der Waals surface area contributed by atoms with E-state index in [0.717, 1.165) is 53.3 Å². The van der Waals surface area contributed by atoms with Crippen molar-refractivity contribution in [3.8, 4) is 0 Å². The molecule has 13 heteroatoms. The summed E-state index contributed by atoms with van der Waals surface area (Å²) < 4.78 is 27.3. The van der Waals surface area contributed by atoms with Gasteiger partial charge in [-0.05, 0) is 81.1 Å². The first-order chi connectivity index (χ1) is 21.0. The molecule has 2 aliphatic heterocycles. The molecule has 0 atom stereocenters. The molecule has 0 saturated heterocycles. The summed E-state index contributed by atoms with van der Waals surface area (Å²) in [5, 5.41) is 20.5. The molecule has 2 amide bonds. The lowest BCUT2D eigenvalue weighted by Gasteiger charge is -2.27. The van der Waals surface area contributed by atoms with Gasteiger partial charge in [0.1, 0.15) is 0 Å². The zero-order chi connectivity index (χ0) is 32.0. The SMILES string of the molecule is C=C(C)c1n[nH]c2c1CN(C(=O)Nc1cccc(Br)c1F)CC2.C=C(C)c1n[nH]c2c1CNCC2.Nc1cccc(Br)c1F. The van der Waals surface area contributed by atoms with Crippen molar-refractivity contribution in [3.63, 3.8) is 0 Å². The van der Waals surface area contributed by atoms with Crippen LogP contribution in [0.3, 0.4) is 0 Å². The van der Waals surface area contributed by atoms with Gasteiger partial charge in [0, 0.05) is 55.0 Å². The van der Waals surface area contributed by atoms with Gasteiger partial charge in [0.2, 0.25) is 0 Å². The summed E-state index contributed by atoms with van der Waals surface area (Å²) in [5.74, 6) is -0.873. The number of H-pyrrole nitrogens is 2. The summed E-state index contributed by atoms with van der Waals surface area (Å²) in [4.78, 5) is 14.1. The van der Waals surface area contributed by atoms with E-state index in [-0.39, 0.29) is 17.4 Å². The molecule has 232 valence electrons. The number of fused-ring (bicyclic) bond motifs is 2. The Morgan fingerprint density at radius 3 is 2.14 bits per heavy atom. The zero-order valence-electron chi connectivity index (χ0n) is 24.5. The van der Waals surface area contributed by atoms with Crippen LogP contribution in [0.1, 0.15) is 47.8 Å². The van der Waals surface area contributed by atoms with Gasteiger partial charge in [-0.1, -0.05) is 25.3 Å². The highest BCUT2D eigenvalue weighted by Crippen LogP contribution is 2.27. The Balaban J connectivity index is 0.000000174. The number of aromatic nitrogens is 4. The Morgan fingerprint density at radius 1 is 0.932 bits per heavy atom. The molecule has 2 aromatic carbocycles. The number of benzene rings is 2. The number of anilines is 2. The molecule has 4 heterocycles. The van der Waals surface area contributed by atoms with Crippen LogP contribution in [0.4, 0.5) is 25.0 Å². The van der Waals surface area contributed by atoms with Crippen molar-refractivity contribution in [1.82, 2.24) is 30.6 Å². The minimum Gasteiger partial charge on any atom is -0.396 e. The lowest BCUT2D eigenvalue weighted by Crippen LogP contribution is -2.39. The number of hydrogen-bond donors (Lipinski definition) is 5. The molecule has 4 aromatic rings. The van der Waals surface area contributed by atoms with E-state index in [1.807, 2.05) is 13.8 Å². The van der Waals surface area contributed by atoms with E-state index in [2.05, 4.69) is 76.0 Å². The van der Waals surface area contributed by atoms with Crippen LogP contribution in [0.15, 0.2) is 58.5 Å². The van der Waals surface area contributed by atoms with Crippen molar-refractivity contribution in [3.05, 3.63) is 104 Å². The number of nitrogens with one attached hydrogen (secondary N) is 4. The fraction of sp³-hybridized carbons (Fsp3) is 0.258. The van der Waals surface area contributed by atoms with Crippen LogP contribution < -0.4 is 16.4 Å². The van der Waals surface area contributed by atoms with E-state index in [1.54, 1.807) is 29.2 Å². The van der Waals surface area contributed by atoms with Crippen LogP contribution in [0.5, 0.6) is 0 Å². The Kier molecular flexibility index (Phi) is 11.1. The second-order valence-electron chi connectivity index (χ2n) is 10.4. The smallest absolute Gasteiger partial charge is 0.322 e. The first-order valence-electron chi connectivity index (χ1n) is 13.8. The summed E-state index contributed by atoms with van der Waals surface area (Å²) in [6.07, 6.45) is 1.74. The third-order valence-electron chi connectivity index (χ3n) is 7.01. The molecule has 0 bridgehead atoms. The predicted octanol–water partition coefficient (Wildman–Crippen LogP) is 7.19. The molecule has 6 rings (SSSR count). The minimum absolute atomic E-state index is 0.155. The average molecular weight is 732 g/mol. The quantitative estimate of drug-likeness (QED) is 0.143. The van der Waals surface area contributed by atoms with Crippen molar-refractivity contribution in [1.29, 1.82) is 0 Å². The highest BCUT2D eigenvalue weighted by atomic mass is 79.9. The van der Waals surface area contributed by atoms with E-state index >= 15 is 0 Å². The largest absolute Gasteiger partial charge is 0.396 e. The number of carbonyl (C=O) groups is 1. The van der Waals surface area contributed by atoms with E-state index in [1.165, 1.54) is 23.4 Å². The fourth-order valence-corrected chi connectivity index (χ4v) is 5.46. The van der Waals surface area contributed by atoms with E-state index < -0.39 is 11.6 Å². The van der Waals surface area contributed by atoms with E-state index in [9.17, 15) is 13.6 Å². The van der Waals surface area contributed by atoms with Crippen LogP contribution >= 0.6 is 31.9 Å². The lowest BCUT2D eigenvalue weighted by molar-refractivity contribution is 0.206. The summed E-state index contributed by atoms with van der Waals surface area (Å²) in [6.45, 7) is 14.6. The number of nitrogens with two attached hydrogens (primary N) is 1. The molecule has 2 aromatic heterocycles. The maximum atomic E-state index is 14.0. The number of carbonyl (C=O) groups excluding carboxylic acids is 1. The molecule has 9 nitrogen and oxygen atoms in total. The molecule has 0 fully saturated rings. The van der Waals surface area contributed by atoms with Gasteiger partial charge in [0.25, 0.3) is 0 Å². The van der Waals surface area contributed by atoms with Crippen molar-refractivity contribution < 1.29 is 13.6 Å². The summed E-state index contributed by atoms with van der Waals surface area (Å²) in [6, 6.07) is 9.26. The lowest BCUT2D eigenvalue weighted by atomic mass is 10.0. The van der Waals surface area contributed by atoms with Gasteiger partial charge in [-0.3, -0.25) is 10.2 Å². The number of hydrogen-bond acceptors (Lipinski definition) is 5. The van der Waals surface area contributed by atoms with E-state index in [4.69, 9.17) is 5.73 Å². The first kappa shape index (κ1) is 33.1.